The first-order chi connectivity index (χ1) is 8.77. The summed E-state index contributed by atoms with van der Waals surface area (Å²) in [4.78, 5) is 8.26. The Labute approximate surface area is 113 Å². The van der Waals surface area contributed by atoms with E-state index in [1.165, 1.54) is 6.20 Å². The van der Waals surface area contributed by atoms with Crippen LogP contribution in [0.3, 0.4) is 0 Å². The van der Waals surface area contributed by atoms with Gasteiger partial charge >= 0.3 is 0 Å². The molecule has 1 aromatic heterocycles. The minimum atomic E-state index is 0.394. The predicted octanol–water partition coefficient (Wildman–Crippen LogP) is 2.76. The number of nitrogens with zero attached hydrogens (tertiary/aromatic N) is 2. The Morgan fingerprint density at radius 2 is 2.06 bits per heavy atom. The van der Waals surface area contributed by atoms with Gasteiger partial charge in [0, 0.05) is 13.2 Å². The van der Waals surface area contributed by atoms with E-state index in [2.05, 4.69) is 29.1 Å². The number of aromatic nitrogens is 2. The lowest BCUT2D eigenvalue weighted by atomic mass is 10.5. The maximum atomic E-state index is 5.95. The van der Waals surface area contributed by atoms with Crippen LogP contribution >= 0.6 is 11.6 Å². The van der Waals surface area contributed by atoms with E-state index in [-0.39, 0.29) is 0 Å². The van der Waals surface area contributed by atoms with E-state index >= 15 is 0 Å². The van der Waals surface area contributed by atoms with Crippen molar-refractivity contribution in [2.45, 2.75) is 26.7 Å². The van der Waals surface area contributed by atoms with E-state index in [1.54, 1.807) is 0 Å². The molecule has 6 heteroatoms. The topological polar surface area (TPSA) is 56.3 Å². The summed E-state index contributed by atoms with van der Waals surface area (Å²) in [5.74, 6) is 0.927. The Hall–Kier alpha value is -1.07. The van der Waals surface area contributed by atoms with Gasteiger partial charge in [-0.05, 0) is 12.8 Å². The molecule has 0 unspecified atom stereocenters. The molecule has 1 aromatic rings. The van der Waals surface area contributed by atoms with Gasteiger partial charge in [0.1, 0.15) is 11.6 Å². The fourth-order valence-electron chi connectivity index (χ4n) is 1.22. The fraction of sp³-hybridized carbons (Fsp3) is 0.667. The van der Waals surface area contributed by atoms with Crippen molar-refractivity contribution in [1.29, 1.82) is 0 Å². The second-order valence-electron chi connectivity index (χ2n) is 3.73. The Bertz CT molecular complexity index is 350. The average Bonchev–Trinajstić information content (AvgIpc) is 2.39. The molecule has 102 valence electrons. The molecule has 0 radical (unpaired) electrons. The zero-order chi connectivity index (χ0) is 13.2. The molecule has 0 amide bonds. The third-order valence-electron chi connectivity index (χ3n) is 2.06. The molecular formula is C12H20ClN3O2. The Balaban J connectivity index is 2.42. The molecule has 0 aliphatic heterocycles. The highest BCUT2D eigenvalue weighted by atomic mass is 35.5. The lowest BCUT2D eigenvalue weighted by molar-refractivity contribution is 0.0990. The van der Waals surface area contributed by atoms with Crippen LogP contribution in [0.1, 0.15) is 26.7 Å². The molecule has 5 nitrogen and oxygen atoms in total. The quantitative estimate of drug-likeness (QED) is 0.701. The molecule has 0 spiro atoms. The third kappa shape index (κ3) is 5.51. The van der Waals surface area contributed by atoms with Crippen molar-refractivity contribution in [3.63, 3.8) is 0 Å². The number of rotatable bonds is 9. The summed E-state index contributed by atoms with van der Waals surface area (Å²) >= 11 is 5.95. The first-order valence-electron chi connectivity index (χ1n) is 6.24. The van der Waals surface area contributed by atoms with Crippen LogP contribution in [0.5, 0.6) is 5.88 Å². The van der Waals surface area contributed by atoms with E-state index in [4.69, 9.17) is 21.1 Å². The molecule has 0 aliphatic rings. The van der Waals surface area contributed by atoms with Crippen LogP contribution in [0.15, 0.2) is 6.20 Å². The fourth-order valence-corrected chi connectivity index (χ4v) is 1.36. The summed E-state index contributed by atoms with van der Waals surface area (Å²) in [7, 11) is 0. The number of halogens is 1. The summed E-state index contributed by atoms with van der Waals surface area (Å²) in [5.41, 5.74) is 0. The van der Waals surface area contributed by atoms with Crippen molar-refractivity contribution in [2.24, 2.45) is 0 Å². The number of hydrogen-bond donors (Lipinski definition) is 1. The first-order valence-corrected chi connectivity index (χ1v) is 6.62. The maximum Gasteiger partial charge on any atom is 0.237 e. The van der Waals surface area contributed by atoms with Crippen molar-refractivity contribution < 1.29 is 9.47 Å². The summed E-state index contributed by atoms with van der Waals surface area (Å²) in [6.45, 7) is 6.67. The number of ether oxygens (including phenoxy) is 2. The predicted molar refractivity (Wildman–Crippen MR) is 72.4 cm³/mol. The average molecular weight is 274 g/mol. The van der Waals surface area contributed by atoms with Crippen LogP contribution in [0.2, 0.25) is 5.02 Å². The molecule has 0 saturated heterocycles. The zero-order valence-electron chi connectivity index (χ0n) is 10.9. The van der Waals surface area contributed by atoms with Crippen LogP contribution in [0.4, 0.5) is 5.95 Å². The SMILES string of the molecule is CCCNc1ncc(Cl)c(OCCOCCC)n1. The molecule has 0 fully saturated rings. The van der Waals surface area contributed by atoms with Gasteiger partial charge in [-0.3, -0.25) is 0 Å². The molecule has 18 heavy (non-hydrogen) atoms. The van der Waals surface area contributed by atoms with E-state index in [1.807, 2.05) is 0 Å². The minimum Gasteiger partial charge on any atom is -0.474 e. The molecule has 0 atom stereocenters. The molecule has 0 bridgehead atoms. The van der Waals surface area contributed by atoms with Gasteiger partial charge in [0.05, 0.1) is 12.8 Å². The van der Waals surface area contributed by atoms with E-state index in [0.717, 1.165) is 26.0 Å². The highest BCUT2D eigenvalue weighted by Crippen LogP contribution is 2.21. The standard InChI is InChI=1S/C12H20ClN3O2/c1-3-5-14-12-15-9-10(13)11(16-12)18-8-7-17-6-4-2/h9H,3-8H2,1-2H3,(H,14,15,16). The number of anilines is 1. The van der Waals surface area contributed by atoms with Crippen LogP contribution in [0.25, 0.3) is 0 Å². The smallest absolute Gasteiger partial charge is 0.237 e. The largest absolute Gasteiger partial charge is 0.474 e. The lowest BCUT2D eigenvalue weighted by Crippen LogP contribution is -2.10. The van der Waals surface area contributed by atoms with Gasteiger partial charge in [-0.2, -0.15) is 4.98 Å². The summed E-state index contributed by atoms with van der Waals surface area (Å²) in [6.07, 6.45) is 3.54. The highest BCUT2D eigenvalue weighted by Gasteiger charge is 2.06. The minimum absolute atomic E-state index is 0.394. The van der Waals surface area contributed by atoms with Gasteiger partial charge < -0.3 is 14.8 Å². The molecule has 1 rings (SSSR count). The molecule has 0 aliphatic carbocycles. The van der Waals surface area contributed by atoms with Gasteiger partial charge in [-0.15, -0.1) is 0 Å². The Kier molecular flexibility index (Phi) is 7.44. The maximum absolute atomic E-state index is 5.95. The summed E-state index contributed by atoms with van der Waals surface area (Å²) < 4.78 is 10.8. The lowest BCUT2D eigenvalue weighted by Gasteiger charge is -2.09. The van der Waals surface area contributed by atoms with Crippen molar-refractivity contribution in [3.05, 3.63) is 11.2 Å². The van der Waals surface area contributed by atoms with Gasteiger partial charge in [0.15, 0.2) is 0 Å². The summed E-state index contributed by atoms with van der Waals surface area (Å²) in [6, 6.07) is 0. The normalized spacial score (nSPS) is 10.4. The number of nitrogens with one attached hydrogen (secondary N) is 1. The second kappa shape index (κ2) is 8.94. The Morgan fingerprint density at radius 1 is 1.22 bits per heavy atom. The summed E-state index contributed by atoms with van der Waals surface area (Å²) in [5, 5.41) is 3.49. The van der Waals surface area contributed by atoms with Crippen molar-refractivity contribution in [1.82, 2.24) is 9.97 Å². The van der Waals surface area contributed by atoms with E-state index in [9.17, 15) is 0 Å². The van der Waals surface area contributed by atoms with Crippen LogP contribution in [0, 0.1) is 0 Å². The van der Waals surface area contributed by atoms with Crippen LogP contribution in [-0.4, -0.2) is 36.3 Å². The Morgan fingerprint density at radius 3 is 2.78 bits per heavy atom. The molecule has 0 aromatic carbocycles. The monoisotopic (exact) mass is 273 g/mol. The molecular weight excluding hydrogens is 254 g/mol. The van der Waals surface area contributed by atoms with Crippen molar-refractivity contribution in [3.8, 4) is 5.88 Å². The molecule has 1 heterocycles. The highest BCUT2D eigenvalue weighted by molar-refractivity contribution is 6.31. The van der Waals surface area contributed by atoms with Crippen molar-refractivity contribution in [2.75, 3.05) is 31.7 Å². The van der Waals surface area contributed by atoms with Crippen LogP contribution < -0.4 is 10.1 Å². The van der Waals surface area contributed by atoms with Gasteiger partial charge in [0.2, 0.25) is 11.8 Å². The van der Waals surface area contributed by atoms with Gasteiger partial charge in [0.25, 0.3) is 0 Å². The van der Waals surface area contributed by atoms with Gasteiger partial charge in [-0.1, -0.05) is 25.4 Å². The number of hydrogen-bond acceptors (Lipinski definition) is 5. The van der Waals surface area contributed by atoms with Gasteiger partial charge in [-0.25, -0.2) is 4.98 Å². The van der Waals surface area contributed by atoms with Crippen LogP contribution in [-0.2, 0) is 4.74 Å². The third-order valence-corrected chi connectivity index (χ3v) is 2.32. The van der Waals surface area contributed by atoms with Crippen molar-refractivity contribution >= 4 is 17.5 Å². The zero-order valence-corrected chi connectivity index (χ0v) is 11.7. The van der Waals surface area contributed by atoms with E-state index < -0.39 is 0 Å². The molecule has 1 N–H and O–H groups in total. The first kappa shape index (κ1) is 15.0. The van der Waals surface area contributed by atoms with E-state index in [0.29, 0.717) is 30.1 Å². The second-order valence-corrected chi connectivity index (χ2v) is 4.14. The molecule has 0 saturated carbocycles.